The van der Waals surface area contributed by atoms with Crippen molar-refractivity contribution >= 4 is 23.6 Å². The number of hydrogen-bond acceptors (Lipinski definition) is 2. The molecular formula is C14H13NO2. The van der Waals surface area contributed by atoms with Gasteiger partial charge < -0.3 is 0 Å². The standard InChI is InChI=1S/C14H13NO2/c1-2-3-4-11-5-7-12(8-6-11)15-13(16)9-10-14(15)17/h3-10H,2H2,1H3. The highest BCUT2D eigenvalue weighted by atomic mass is 16.2. The average Bonchev–Trinajstić information content (AvgIpc) is 2.67. The third-order valence-corrected chi connectivity index (χ3v) is 2.51. The lowest BCUT2D eigenvalue weighted by molar-refractivity contribution is -0.119. The van der Waals surface area contributed by atoms with Gasteiger partial charge in [0.05, 0.1) is 5.69 Å². The summed E-state index contributed by atoms with van der Waals surface area (Å²) in [5, 5.41) is 0. The number of benzene rings is 1. The summed E-state index contributed by atoms with van der Waals surface area (Å²) in [6, 6.07) is 7.33. The topological polar surface area (TPSA) is 37.4 Å². The number of carbonyl (C=O) groups excluding carboxylic acids is 2. The lowest BCUT2D eigenvalue weighted by Gasteiger charge is -2.13. The van der Waals surface area contributed by atoms with Crippen molar-refractivity contribution in [3.8, 4) is 0 Å². The van der Waals surface area contributed by atoms with Gasteiger partial charge in [0.15, 0.2) is 0 Å². The second kappa shape index (κ2) is 4.78. The van der Waals surface area contributed by atoms with Gasteiger partial charge in [-0.1, -0.05) is 31.2 Å². The minimum Gasteiger partial charge on any atom is -0.269 e. The first-order valence-electron chi connectivity index (χ1n) is 5.55. The van der Waals surface area contributed by atoms with Gasteiger partial charge in [0, 0.05) is 12.2 Å². The van der Waals surface area contributed by atoms with Gasteiger partial charge in [-0.05, 0) is 24.1 Å². The summed E-state index contributed by atoms with van der Waals surface area (Å²) in [6.45, 7) is 2.07. The van der Waals surface area contributed by atoms with E-state index in [0.717, 1.165) is 16.9 Å². The highest BCUT2D eigenvalue weighted by Crippen LogP contribution is 2.19. The van der Waals surface area contributed by atoms with Gasteiger partial charge in [0.2, 0.25) is 0 Å². The van der Waals surface area contributed by atoms with Gasteiger partial charge in [0.25, 0.3) is 11.8 Å². The molecular weight excluding hydrogens is 214 g/mol. The smallest absolute Gasteiger partial charge is 0.258 e. The van der Waals surface area contributed by atoms with Crippen molar-refractivity contribution < 1.29 is 9.59 Å². The molecule has 1 aliphatic rings. The Bertz CT molecular complexity index is 479. The Labute approximate surface area is 100 Å². The van der Waals surface area contributed by atoms with E-state index in [1.54, 1.807) is 12.1 Å². The summed E-state index contributed by atoms with van der Waals surface area (Å²) >= 11 is 0. The van der Waals surface area contributed by atoms with Crippen molar-refractivity contribution in [3.05, 3.63) is 48.1 Å². The number of rotatable bonds is 3. The first kappa shape index (κ1) is 11.3. The lowest BCUT2D eigenvalue weighted by atomic mass is 10.1. The van der Waals surface area contributed by atoms with E-state index in [0.29, 0.717) is 5.69 Å². The van der Waals surface area contributed by atoms with Crippen LogP contribution in [0.1, 0.15) is 18.9 Å². The van der Waals surface area contributed by atoms with Gasteiger partial charge in [0.1, 0.15) is 0 Å². The van der Waals surface area contributed by atoms with Crippen molar-refractivity contribution in [2.45, 2.75) is 13.3 Å². The third kappa shape index (κ3) is 2.33. The van der Waals surface area contributed by atoms with Crippen molar-refractivity contribution in [1.82, 2.24) is 0 Å². The molecule has 0 bridgehead atoms. The molecule has 1 aromatic carbocycles. The van der Waals surface area contributed by atoms with Crippen LogP contribution in [-0.4, -0.2) is 11.8 Å². The average molecular weight is 227 g/mol. The van der Waals surface area contributed by atoms with Crippen LogP contribution in [0, 0.1) is 0 Å². The second-order valence-electron chi connectivity index (χ2n) is 3.75. The Morgan fingerprint density at radius 1 is 1.06 bits per heavy atom. The molecule has 0 saturated carbocycles. The zero-order chi connectivity index (χ0) is 12.3. The van der Waals surface area contributed by atoms with E-state index < -0.39 is 0 Å². The SMILES string of the molecule is CCC=Cc1ccc(N2C(=O)C=CC2=O)cc1. The van der Waals surface area contributed by atoms with E-state index in [2.05, 4.69) is 13.0 Å². The monoisotopic (exact) mass is 227 g/mol. The molecule has 17 heavy (non-hydrogen) atoms. The molecule has 1 aliphatic heterocycles. The number of anilines is 1. The molecule has 0 fully saturated rings. The minimum absolute atomic E-state index is 0.285. The van der Waals surface area contributed by atoms with E-state index in [-0.39, 0.29) is 11.8 Å². The predicted molar refractivity (Wildman–Crippen MR) is 67.4 cm³/mol. The van der Waals surface area contributed by atoms with Gasteiger partial charge >= 0.3 is 0 Å². The zero-order valence-electron chi connectivity index (χ0n) is 9.59. The maximum absolute atomic E-state index is 11.4. The molecule has 1 aromatic rings. The molecule has 3 heteroatoms. The fourth-order valence-electron chi connectivity index (χ4n) is 1.64. The molecule has 1 heterocycles. The van der Waals surface area contributed by atoms with Crippen molar-refractivity contribution in [2.75, 3.05) is 4.90 Å². The largest absolute Gasteiger partial charge is 0.269 e. The third-order valence-electron chi connectivity index (χ3n) is 2.51. The van der Waals surface area contributed by atoms with Gasteiger partial charge in [-0.3, -0.25) is 9.59 Å². The molecule has 0 aliphatic carbocycles. The Kier molecular flexibility index (Phi) is 3.19. The van der Waals surface area contributed by atoms with E-state index in [4.69, 9.17) is 0 Å². The van der Waals surface area contributed by atoms with Crippen LogP contribution in [0.2, 0.25) is 0 Å². The van der Waals surface area contributed by atoms with E-state index in [9.17, 15) is 9.59 Å². The molecule has 0 aromatic heterocycles. The van der Waals surface area contributed by atoms with Crippen molar-refractivity contribution in [1.29, 1.82) is 0 Å². The molecule has 0 atom stereocenters. The molecule has 0 N–H and O–H groups in total. The minimum atomic E-state index is -0.285. The van der Waals surface area contributed by atoms with E-state index in [1.165, 1.54) is 12.2 Å². The molecule has 0 spiro atoms. The Morgan fingerprint density at radius 3 is 2.18 bits per heavy atom. The fraction of sp³-hybridized carbons (Fsp3) is 0.143. The predicted octanol–water partition coefficient (Wildman–Crippen LogP) is 2.54. The Balaban J connectivity index is 2.21. The molecule has 3 nitrogen and oxygen atoms in total. The summed E-state index contributed by atoms with van der Waals surface area (Å²) in [5.74, 6) is -0.571. The maximum Gasteiger partial charge on any atom is 0.258 e. The molecule has 2 rings (SSSR count). The van der Waals surface area contributed by atoms with Crippen LogP contribution >= 0.6 is 0 Å². The Hall–Kier alpha value is -2.16. The van der Waals surface area contributed by atoms with Gasteiger partial charge in [-0.15, -0.1) is 0 Å². The van der Waals surface area contributed by atoms with Crippen LogP contribution in [0.5, 0.6) is 0 Å². The number of nitrogens with zero attached hydrogens (tertiary/aromatic N) is 1. The van der Waals surface area contributed by atoms with Crippen LogP contribution in [0.4, 0.5) is 5.69 Å². The van der Waals surface area contributed by atoms with Crippen molar-refractivity contribution in [2.24, 2.45) is 0 Å². The summed E-state index contributed by atoms with van der Waals surface area (Å²) in [7, 11) is 0. The molecule has 86 valence electrons. The molecule has 0 saturated heterocycles. The lowest BCUT2D eigenvalue weighted by Crippen LogP contribution is -2.29. The van der Waals surface area contributed by atoms with E-state index >= 15 is 0 Å². The van der Waals surface area contributed by atoms with Gasteiger partial charge in [-0.2, -0.15) is 0 Å². The maximum atomic E-state index is 11.4. The number of hydrogen-bond donors (Lipinski definition) is 0. The second-order valence-corrected chi connectivity index (χ2v) is 3.75. The first-order valence-corrected chi connectivity index (χ1v) is 5.55. The van der Waals surface area contributed by atoms with Crippen LogP contribution in [0.25, 0.3) is 6.08 Å². The zero-order valence-corrected chi connectivity index (χ0v) is 9.59. The summed E-state index contributed by atoms with van der Waals surface area (Å²) in [6.07, 6.45) is 7.62. The number of carbonyl (C=O) groups is 2. The summed E-state index contributed by atoms with van der Waals surface area (Å²) < 4.78 is 0. The summed E-state index contributed by atoms with van der Waals surface area (Å²) in [4.78, 5) is 24.1. The first-order chi connectivity index (χ1) is 8.22. The van der Waals surface area contributed by atoms with Gasteiger partial charge in [-0.25, -0.2) is 4.90 Å². The molecule has 2 amide bonds. The number of imide groups is 1. The Morgan fingerprint density at radius 2 is 1.65 bits per heavy atom. The quantitative estimate of drug-likeness (QED) is 0.744. The number of allylic oxidation sites excluding steroid dienone is 1. The number of amides is 2. The van der Waals surface area contributed by atoms with Crippen molar-refractivity contribution in [3.63, 3.8) is 0 Å². The van der Waals surface area contributed by atoms with Crippen LogP contribution in [0.3, 0.4) is 0 Å². The normalized spacial score (nSPS) is 15.2. The van der Waals surface area contributed by atoms with Crippen LogP contribution in [0.15, 0.2) is 42.5 Å². The highest BCUT2D eigenvalue weighted by Gasteiger charge is 2.24. The van der Waals surface area contributed by atoms with Crippen LogP contribution < -0.4 is 4.90 Å². The van der Waals surface area contributed by atoms with E-state index in [1.807, 2.05) is 18.2 Å². The highest BCUT2D eigenvalue weighted by molar-refractivity contribution is 6.28. The molecule has 0 unspecified atom stereocenters. The van der Waals surface area contributed by atoms with Crippen LogP contribution in [-0.2, 0) is 9.59 Å². The summed E-state index contributed by atoms with van der Waals surface area (Å²) in [5.41, 5.74) is 1.67. The fourth-order valence-corrected chi connectivity index (χ4v) is 1.64. The molecule has 0 radical (unpaired) electrons.